The van der Waals surface area contributed by atoms with Crippen LogP contribution in [0, 0.1) is 36.5 Å². The first-order valence-corrected chi connectivity index (χ1v) is 3.23. The molecule has 0 aromatic rings. The first-order valence-electron chi connectivity index (χ1n) is 3.23. The van der Waals surface area contributed by atoms with Gasteiger partial charge < -0.3 is 11.8 Å². The van der Waals surface area contributed by atoms with Crippen molar-refractivity contribution < 1.29 is 32.7 Å². The minimum absolute atomic E-state index is 0. The molecule has 0 aliphatic carbocycles. The summed E-state index contributed by atoms with van der Waals surface area (Å²) in [5.74, 6) is 10.9. The Bertz CT molecular complexity index is 129. The molecule has 0 amide bonds. The summed E-state index contributed by atoms with van der Waals surface area (Å²) in [6.07, 6.45) is 3.64. The Hall–Kier alpha value is -0.0361. The average Bonchev–Trinajstić information content (AvgIpc) is 1.93. The van der Waals surface area contributed by atoms with Gasteiger partial charge in [-0.05, 0) is 0 Å². The van der Waals surface area contributed by atoms with Crippen LogP contribution in [0.2, 0.25) is 0 Å². The van der Waals surface area contributed by atoms with Crippen molar-refractivity contribution in [3.8, 4) is 23.7 Å². The fourth-order valence-electron chi connectivity index (χ4n) is 0.289. The van der Waals surface area contributed by atoms with Gasteiger partial charge in [-0.15, -0.1) is 13.8 Å². The molecule has 0 spiro atoms. The Morgan fingerprint density at radius 3 is 1.00 bits per heavy atom. The topological polar surface area (TPSA) is 0 Å². The summed E-state index contributed by atoms with van der Waals surface area (Å²) in [7, 11) is 0. The largest absolute Gasteiger partial charge is 0.331 e. The third-order valence-corrected chi connectivity index (χ3v) is 0.577. The van der Waals surface area contributed by atoms with E-state index in [0.29, 0.717) is 0 Å². The van der Waals surface area contributed by atoms with Crippen LogP contribution in [-0.2, 0) is 32.7 Å². The van der Waals surface area contributed by atoms with E-state index in [1.165, 1.54) is 0 Å². The van der Waals surface area contributed by atoms with E-state index in [9.17, 15) is 0 Å². The van der Waals surface area contributed by atoms with Gasteiger partial charge in [0.15, 0.2) is 0 Å². The Balaban J connectivity index is -0.0000000267. The molecule has 0 bridgehead atoms. The zero-order valence-corrected chi connectivity index (χ0v) is 10.6. The zero-order valence-electron chi connectivity index (χ0n) is 7.73. The Labute approximate surface area is 111 Å². The maximum Gasteiger partial charge on any atom is 0 e. The van der Waals surface area contributed by atoms with Gasteiger partial charge in [-0.3, -0.25) is 11.8 Å². The van der Waals surface area contributed by atoms with Crippen molar-refractivity contribution >= 4 is 0 Å². The van der Waals surface area contributed by atoms with Crippen LogP contribution in [0.5, 0.6) is 0 Å². The van der Waals surface area contributed by atoms with Gasteiger partial charge >= 0.3 is 0 Å². The predicted octanol–water partition coefficient (Wildman–Crippen LogP) is 3.74. The van der Waals surface area contributed by atoms with Gasteiger partial charge in [0, 0.05) is 32.7 Å². The third-order valence-electron chi connectivity index (χ3n) is 0.577. The molecule has 0 unspecified atom stereocenters. The van der Waals surface area contributed by atoms with Crippen LogP contribution in [0.25, 0.3) is 0 Å². The first kappa shape index (κ1) is 29.3. The van der Waals surface area contributed by atoms with Crippen molar-refractivity contribution in [2.75, 3.05) is 0 Å². The molecule has 0 aliphatic heterocycles. The minimum Gasteiger partial charge on any atom is -0.331 e. The average molecular weight is 255 g/mol. The van der Waals surface area contributed by atoms with E-state index in [1.807, 2.05) is 40.5 Å². The van der Waals surface area contributed by atoms with Gasteiger partial charge in [-0.25, -0.2) is 0 Å². The maximum atomic E-state index is 2.74. The summed E-state index contributed by atoms with van der Waals surface area (Å²) in [6.45, 7) is 7.47. The molecular weight excluding hydrogens is 233 g/mol. The van der Waals surface area contributed by atoms with Gasteiger partial charge in [0.1, 0.15) is 0 Å². The SMILES string of the molecule is C.C.CC#C[CH-]C.CC#C[CH-]C.[Y]. The molecule has 13 heavy (non-hydrogen) atoms. The molecule has 0 heterocycles. The molecule has 0 saturated carbocycles. The van der Waals surface area contributed by atoms with Gasteiger partial charge in [0.25, 0.3) is 0 Å². The summed E-state index contributed by atoms with van der Waals surface area (Å²) in [5.41, 5.74) is 0. The molecule has 0 aromatic heterocycles. The van der Waals surface area contributed by atoms with E-state index in [4.69, 9.17) is 0 Å². The van der Waals surface area contributed by atoms with E-state index in [2.05, 4.69) is 23.7 Å². The van der Waals surface area contributed by atoms with Crippen LogP contribution in [0.4, 0.5) is 0 Å². The first-order chi connectivity index (χ1) is 4.83. The van der Waals surface area contributed by atoms with Crippen LogP contribution in [0.3, 0.4) is 0 Å². The van der Waals surface area contributed by atoms with Crippen LogP contribution < -0.4 is 0 Å². The third kappa shape index (κ3) is 75.6. The van der Waals surface area contributed by atoms with Crippen molar-refractivity contribution in [1.82, 2.24) is 0 Å². The van der Waals surface area contributed by atoms with Crippen LogP contribution >= 0.6 is 0 Å². The van der Waals surface area contributed by atoms with Gasteiger partial charge in [-0.2, -0.15) is 12.8 Å². The Morgan fingerprint density at radius 2 is 1.00 bits per heavy atom. The zero-order chi connectivity index (χ0) is 8.24. The van der Waals surface area contributed by atoms with Gasteiger partial charge in [0.05, 0.1) is 0 Å². The second kappa shape index (κ2) is 40.4. The standard InChI is InChI=1S/2C5H7.2CH4.Y/c2*1-3-5-4-2;;;/h2*3H,1-2H3;2*1H4;/q2*-1;;;. The molecule has 0 saturated heterocycles. The van der Waals surface area contributed by atoms with Crippen molar-refractivity contribution in [3.63, 3.8) is 0 Å². The van der Waals surface area contributed by atoms with E-state index < -0.39 is 0 Å². The second-order valence-corrected chi connectivity index (χ2v) is 1.37. The van der Waals surface area contributed by atoms with Crippen molar-refractivity contribution in [3.05, 3.63) is 12.8 Å². The molecule has 1 radical (unpaired) electrons. The molecular formula is C12H22Y-2. The smallest absolute Gasteiger partial charge is 0 e. The normalized spacial score (nSPS) is 3.38. The predicted molar refractivity (Wildman–Crippen MR) is 60.3 cm³/mol. The van der Waals surface area contributed by atoms with E-state index in [1.54, 1.807) is 0 Å². The summed E-state index contributed by atoms with van der Waals surface area (Å²) in [4.78, 5) is 0. The van der Waals surface area contributed by atoms with E-state index in [-0.39, 0.29) is 47.6 Å². The van der Waals surface area contributed by atoms with Crippen LogP contribution in [-0.4, -0.2) is 0 Å². The van der Waals surface area contributed by atoms with Crippen molar-refractivity contribution in [1.29, 1.82) is 0 Å². The number of hydrogen-bond acceptors (Lipinski definition) is 0. The van der Waals surface area contributed by atoms with Gasteiger partial charge in [-0.1, -0.05) is 28.7 Å². The molecule has 0 aromatic carbocycles. The molecule has 0 atom stereocenters. The maximum absolute atomic E-state index is 2.74. The quantitative estimate of drug-likeness (QED) is 0.457. The molecule has 75 valence electrons. The Morgan fingerprint density at radius 1 is 0.769 bits per heavy atom. The van der Waals surface area contributed by atoms with Crippen LogP contribution in [0.15, 0.2) is 0 Å². The fraction of sp³-hybridized carbons (Fsp3) is 0.500. The van der Waals surface area contributed by atoms with E-state index in [0.717, 1.165) is 0 Å². The molecule has 0 rings (SSSR count). The fourth-order valence-corrected chi connectivity index (χ4v) is 0.289. The summed E-state index contributed by atoms with van der Waals surface area (Å²) < 4.78 is 0. The molecule has 1 heteroatoms. The summed E-state index contributed by atoms with van der Waals surface area (Å²) in [6, 6.07) is 0. The van der Waals surface area contributed by atoms with Crippen LogP contribution in [0.1, 0.15) is 42.5 Å². The Kier molecular flexibility index (Phi) is 91.0. The molecule has 0 N–H and O–H groups in total. The second-order valence-electron chi connectivity index (χ2n) is 1.37. The molecule has 0 fully saturated rings. The van der Waals surface area contributed by atoms with Crippen molar-refractivity contribution in [2.45, 2.75) is 42.5 Å². The summed E-state index contributed by atoms with van der Waals surface area (Å²) in [5, 5.41) is 0. The molecule has 0 aliphatic rings. The monoisotopic (exact) mass is 255 g/mol. The number of hydrogen-bond donors (Lipinski definition) is 0. The minimum atomic E-state index is 0. The van der Waals surface area contributed by atoms with Crippen molar-refractivity contribution in [2.24, 2.45) is 0 Å². The summed E-state index contributed by atoms with van der Waals surface area (Å²) >= 11 is 0. The number of rotatable bonds is 0. The van der Waals surface area contributed by atoms with E-state index >= 15 is 0 Å². The van der Waals surface area contributed by atoms with Gasteiger partial charge in [0.2, 0.25) is 0 Å². The molecule has 0 nitrogen and oxygen atoms in total.